The Bertz CT molecular complexity index is 601. The number of hydrogen-bond donors (Lipinski definition) is 1. The number of rotatable bonds is 2. The molecule has 0 atom stereocenters. The Morgan fingerprint density at radius 1 is 1.33 bits per heavy atom. The highest BCUT2D eigenvalue weighted by Gasteiger charge is 2.09. The first-order valence-electron chi connectivity index (χ1n) is 5.26. The summed E-state index contributed by atoms with van der Waals surface area (Å²) in [5.41, 5.74) is 1.48. The van der Waals surface area contributed by atoms with Crippen molar-refractivity contribution in [2.24, 2.45) is 0 Å². The maximum Gasteiger partial charge on any atom is 0.274 e. The SMILES string of the molecule is Cc1ccc(NC(=O)c2cccc(F)n2)cc1Cl. The molecule has 0 fully saturated rings. The third kappa shape index (κ3) is 2.84. The molecule has 0 saturated carbocycles. The largest absolute Gasteiger partial charge is 0.321 e. The maximum absolute atomic E-state index is 12.9. The van der Waals surface area contributed by atoms with Crippen molar-refractivity contribution in [3.63, 3.8) is 0 Å². The van der Waals surface area contributed by atoms with E-state index in [4.69, 9.17) is 11.6 Å². The van der Waals surface area contributed by atoms with E-state index in [9.17, 15) is 9.18 Å². The second kappa shape index (κ2) is 5.14. The average molecular weight is 265 g/mol. The molecule has 1 N–H and O–H groups in total. The number of carbonyl (C=O) groups is 1. The average Bonchev–Trinajstić information content (AvgIpc) is 2.34. The van der Waals surface area contributed by atoms with Gasteiger partial charge in [0.05, 0.1) is 0 Å². The predicted molar refractivity (Wildman–Crippen MR) is 68.3 cm³/mol. The fraction of sp³-hybridized carbons (Fsp3) is 0.0769. The number of nitrogens with one attached hydrogen (secondary N) is 1. The second-order valence-corrected chi connectivity index (χ2v) is 4.17. The summed E-state index contributed by atoms with van der Waals surface area (Å²) in [5, 5.41) is 3.16. The van der Waals surface area contributed by atoms with Gasteiger partial charge in [0.15, 0.2) is 0 Å². The van der Waals surface area contributed by atoms with Gasteiger partial charge in [0.1, 0.15) is 5.69 Å². The molecular formula is C13H10ClFN2O. The summed E-state index contributed by atoms with van der Waals surface area (Å²) in [6.07, 6.45) is 0. The van der Waals surface area contributed by atoms with Crippen molar-refractivity contribution in [2.75, 3.05) is 5.32 Å². The van der Waals surface area contributed by atoms with Crippen LogP contribution in [-0.2, 0) is 0 Å². The highest BCUT2D eigenvalue weighted by Crippen LogP contribution is 2.20. The molecule has 0 unspecified atom stereocenters. The number of hydrogen-bond acceptors (Lipinski definition) is 2. The van der Waals surface area contributed by atoms with Gasteiger partial charge in [0.2, 0.25) is 5.95 Å². The van der Waals surface area contributed by atoms with Crippen molar-refractivity contribution in [3.8, 4) is 0 Å². The lowest BCUT2D eigenvalue weighted by molar-refractivity contribution is 0.102. The molecule has 18 heavy (non-hydrogen) atoms. The summed E-state index contributed by atoms with van der Waals surface area (Å²) in [5.74, 6) is -1.17. The van der Waals surface area contributed by atoms with E-state index in [1.54, 1.807) is 18.2 Å². The van der Waals surface area contributed by atoms with E-state index in [1.807, 2.05) is 6.92 Å². The number of anilines is 1. The molecule has 1 aromatic heterocycles. The van der Waals surface area contributed by atoms with Crippen LogP contribution >= 0.6 is 11.6 Å². The Morgan fingerprint density at radius 2 is 2.11 bits per heavy atom. The van der Waals surface area contributed by atoms with Crippen LogP contribution in [0.3, 0.4) is 0 Å². The number of halogens is 2. The van der Waals surface area contributed by atoms with Crippen molar-refractivity contribution in [1.29, 1.82) is 0 Å². The topological polar surface area (TPSA) is 42.0 Å². The van der Waals surface area contributed by atoms with Gasteiger partial charge in [-0.15, -0.1) is 0 Å². The summed E-state index contributed by atoms with van der Waals surface area (Å²) in [4.78, 5) is 15.3. The van der Waals surface area contributed by atoms with Crippen LogP contribution in [0.4, 0.5) is 10.1 Å². The zero-order chi connectivity index (χ0) is 13.1. The fourth-order valence-electron chi connectivity index (χ4n) is 1.40. The monoisotopic (exact) mass is 264 g/mol. The molecule has 1 amide bonds. The summed E-state index contributed by atoms with van der Waals surface area (Å²) >= 11 is 5.94. The van der Waals surface area contributed by atoms with Crippen molar-refractivity contribution < 1.29 is 9.18 Å². The van der Waals surface area contributed by atoms with Gasteiger partial charge in [-0.3, -0.25) is 4.79 Å². The first-order chi connectivity index (χ1) is 8.56. The maximum atomic E-state index is 12.9. The molecule has 0 bridgehead atoms. The van der Waals surface area contributed by atoms with E-state index < -0.39 is 11.9 Å². The first-order valence-corrected chi connectivity index (χ1v) is 5.64. The molecule has 0 aliphatic heterocycles. The third-order valence-corrected chi connectivity index (χ3v) is 2.78. The van der Waals surface area contributed by atoms with Crippen molar-refractivity contribution in [1.82, 2.24) is 4.98 Å². The Labute approximate surface area is 109 Å². The number of carbonyl (C=O) groups excluding carboxylic acids is 1. The molecule has 92 valence electrons. The number of amides is 1. The summed E-state index contributed by atoms with van der Waals surface area (Å²) in [6, 6.07) is 9.19. The fourth-order valence-corrected chi connectivity index (χ4v) is 1.58. The van der Waals surface area contributed by atoms with Gasteiger partial charge in [-0.25, -0.2) is 4.98 Å². The van der Waals surface area contributed by atoms with Crippen LogP contribution in [0.2, 0.25) is 5.02 Å². The lowest BCUT2D eigenvalue weighted by atomic mass is 10.2. The molecule has 5 heteroatoms. The Balaban J connectivity index is 2.18. The first kappa shape index (κ1) is 12.5. The van der Waals surface area contributed by atoms with Crippen molar-refractivity contribution >= 4 is 23.2 Å². The van der Waals surface area contributed by atoms with E-state index in [0.29, 0.717) is 10.7 Å². The van der Waals surface area contributed by atoms with Gasteiger partial charge in [-0.2, -0.15) is 4.39 Å². The van der Waals surface area contributed by atoms with Crippen LogP contribution in [0.15, 0.2) is 36.4 Å². The lowest BCUT2D eigenvalue weighted by Gasteiger charge is -2.06. The minimum absolute atomic E-state index is 0.0201. The van der Waals surface area contributed by atoms with Crippen LogP contribution in [-0.4, -0.2) is 10.9 Å². The van der Waals surface area contributed by atoms with Gasteiger partial charge < -0.3 is 5.32 Å². The van der Waals surface area contributed by atoms with Crippen LogP contribution < -0.4 is 5.32 Å². The predicted octanol–water partition coefficient (Wildman–Crippen LogP) is 3.43. The lowest BCUT2D eigenvalue weighted by Crippen LogP contribution is -2.14. The van der Waals surface area contributed by atoms with Crippen molar-refractivity contribution in [2.45, 2.75) is 6.92 Å². The van der Waals surface area contributed by atoms with Gasteiger partial charge in [0, 0.05) is 10.7 Å². The summed E-state index contributed by atoms with van der Waals surface area (Å²) in [7, 11) is 0. The van der Waals surface area contributed by atoms with Crippen LogP contribution in [0.25, 0.3) is 0 Å². The number of aromatic nitrogens is 1. The quantitative estimate of drug-likeness (QED) is 0.845. The van der Waals surface area contributed by atoms with E-state index >= 15 is 0 Å². The highest BCUT2D eigenvalue weighted by atomic mass is 35.5. The standard InChI is InChI=1S/C13H10ClFN2O/c1-8-5-6-9(7-10(8)14)16-13(18)11-3-2-4-12(15)17-11/h2-7H,1H3,(H,16,18). The Hall–Kier alpha value is -1.94. The van der Waals surface area contributed by atoms with E-state index in [0.717, 1.165) is 5.56 Å². The van der Waals surface area contributed by atoms with Crippen LogP contribution in [0, 0.1) is 12.9 Å². The minimum atomic E-state index is -0.690. The van der Waals surface area contributed by atoms with Gasteiger partial charge >= 0.3 is 0 Å². The summed E-state index contributed by atoms with van der Waals surface area (Å²) in [6.45, 7) is 1.86. The van der Waals surface area contributed by atoms with E-state index in [1.165, 1.54) is 18.2 Å². The summed E-state index contributed by atoms with van der Waals surface area (Å²) < 4.78 is 12.9. The third-order valence-electron chi connectivity index (χ3n) is 2.38. The molecule has 1 aromatic carbocycles. The van der Waals surface area contributed by atoms with Crippen LogP contribution in [0.1, 0.15) is 16.1 Å². The Morgan fingerprint density at radius 3 is 2.78 bits per heavy atom. The number of aryl methyl sites for hydroxylation is 1. The molecule has 0 saturated heterocycles. The molecule has 1 heterocycles. The Kier molecular flexibility index (Phi) is 3.58. The normalized spacial score (nSPS) is 10.2. The smallest absolute Gasteiger partial charge is 0.274 e. The van der Waals surface area contributed by atoms with E-state index in [2.05, 4.69) is 10.3 Å². The molecule has 3 nitrogen and oxygen atoms in total. The minimum Gasteiger partial charge on any atom is -0.321 e. The van der Waals surface area contributed by atoms with Crippen molar-refractivity contribution in [3.05, 3.63) is 58.6 Å². The zero-order valence-electron chi connectivity index (χ0n) is 9.58. The molecule has 0 aliphatic carbocycles. The van der Waals surface area contributed by atoms with Crippen LogP contribution in [0.5, 0.6) is 0 Å². The van der Waals surface area contributed by atoms with Gasteiger partial charge in [-0.1, -0.05) is 23.7 Å². The van der Waals surface area contributed by atoms with Gasteiger partial charge in [0.25, 0.3) is 5.91 Å². The van der Waals surface area contributed by atoms with E-state index in [-0.39, 0.29) is 5.69 Å². The zero-order valence-corrected chi connectivity index (χ0v) is 10.3. The number of pyridine rings is 1. The molecule has 2 rings (SSSR count). The highest BCUT2D eigenvalue weighted by molar-refractivity contribution is 6.31. The molecule has 0 spiro atoms. The number of benzene rings is 1. The molecule has 0 radical (unpaired) electrons. The molecule has 0 aliphatic rings. The second-order valence-electron chi connectivity index (χ2n) is 3.76. The van der Waals surface area contributed by atoms with Gasteiger partial charge in [-0.05, 0) is 36.8 Å². The molecule has 2 aromatic rings. The number of nitrogens with zero attached hydrogens (tertiary/aromatic N) is 1. The molecular weight excluding hydrogens is 255 g/mol.